The molecular weight excluding hydrogens is 414 g/mol. The Morgan fingerprint density at radius 2 is 2.00 bits per heavy atom. The third-order valence-electron chi connectivity index (χ3n) is 2.62. The Bertz CT molecular complexity index is 712. The number of pyridine rings is 1. The van der Waals surface area contributed by atoms with E-state index in [-0.39, 0.29) is 10.8 Å². The van der Waals surface area contributed by atoms with Crippen LogP contribution in [0.5, 0.6) is 5.75 Å². The van der Waals surface area contributed by atoms with Crippen molar-refractivity contribution in [3.63, 3.8) is 0 Å². The maximum absolute atomic E-state index is 12.1. The van der Waals surface area contributed by atoms with E-state index in [1.54, 1.807) is 25.1 Å². The van der Waals surface area contributed by atoms with Crippen LogP contribution in [0, 0.1) is 0 Å². The first kappa shape index (κ1) is 17.3. The second kappa shape index (κ2) is 7.51. The Kier molecular flexibility index (Phi) is 5.92. The van der Waals surface area contributed by atoms with Gasteiger partial charge in [-0.3, -0.25) is 4.79 Å². The molecule has 2 aromatic rings. The molecule has 0 aliphatic heterocycles. The van der Waals surface area contributed by atoms with Crippen LogP contribution < -0.4 is 10.1 Å². The first-order valence-electron chi connectivity index (χ1n) is 6.10. The van der Waals surface area contributed by atoms with Crippen LogP contribution in [0.25, 0.3) is 0 Å². The fraction of sp³-hybridized carbons (Fsp3) is 0.143. The third-order valence-corrected chi connectivity index (χ3v) is 3.90. The number of rotatable bonds is 4. The van der Waals surface area contributed by atoms with Gasteiger partial charge in [-0.2, -0.15) is 0 Å². The van der Waals surface area contributed by atoms with E-state index in [4.69, 9.17) is 39.5 Å². The molecule has 1 atom stereocenters. The average molecular weight is 425 g/mol. The van der Waals surface area contributed by atoms with E-state index in [1.807, 2.05) is 0 Å². The van der Waals surface area contributed by atoms with Crippen LogP contribution in [0.1, 0.15) is 6.92 Å². The standard InChI is InChI=1S/C14H10BrCl3N2O2/c1-7(22-12-3-2-8(15)4-10(12)17)14(21)20-13-11(18)5-9(16)6-19-13/h2-7H,1H3,(H,19,20,21). The van der Waals surface area contributed by atoms with E-state index in [0.717, 1.165) is 4.47 Å². The molecule has 1 amide bonds. The molecule has 0 saturated carbocycles. The van der Waals surface area contributed by atoms with Gasteiger partial charge in [-0.25, -0.2) is 4.98 Å². The molecule has 0 saturated heterocycles. The SMILES string of the molecule is CC(Oc1ccc(Br)cc1Cl)C(=O)Nc1ncc(Cl)cc1Cl. The zero-order valence-electron chi connectivity index (χ0n) is 11.2. The summed E-state index contributed by atoms with van der Waals surface area (Å²) in [5, 5.41) is 3.60. The van der Waals surface area contributed by atoms with Gasteiger partial charge in [-0.1, -0.05) is 50.7 Å². The van der Waals surface area contributed by atoms with E-state index in [9.17, 15) is 4.79 Å². The summed E-state index contributed by atoms with van der Waals surface area (Å²) in [7, 11) is 0. The summed E-state index contributed by atoms with van der Waals surface area (Å²) in [6.07, 6.45) is 0.604. The second-order valence-corrected chi connectivity index (χ2v) is 6.47. The number of nitrogens with one attached hydrogen (secondary N) is 1. The molecule has 116 valence electrons. The van der Waals surface area contributed by atoms with Crippen molar-refractivity contribution in [2.75, 3.05) is 5.32 Å². The number of anilines is 1. The number of nitrogens with zero attached hydrogens (tertiary/aromatic N) is 1. The van der Waals surface area contributed by atoms with Gasteiger partial charge in [0.2, 0.25) is 0 Å². The topological polar surface area (TPSA) is 51.2 Å². The lowest BCUT2D eigenvalue weighted by Crippen LogP contribution is -2.30. The lowest BCUT2D eigenvalue weighted by atomic mass is 10.3. The lowest BCUT2D eigenvalue weighted by Gasteiger charge is -2.16. The Balaban J connectivity index is 2.05. The van der Waals surface area contributed by atoms with Gasteiger partial charge < -0.3 is 10.1 Å². The van der Waals surface area contributed by atoms with Crippen LogP contribution in [-0.2, 0) is 4.79 Å². The number of carbonyl (C=O) groups is 1. The van der Waals surface area contributed by atoms with E-state index >= 15 is 0 Å². The highest BCUT2D eigenvalue weighted by Crippen LogP contribution is 2.29. The predicted molar refractivity (Wildman–Crippen MR) is 92.1 cm³/mol. The molecule has 8 heteroatoms. The van der Waals surface area contributed by atoms with Crippen molar-refractivity contribution >= 4 is 62.5 Å². The zero-order valence-corrected chi connectivity index (χ0v) is 15.1. The van der Waals surface area contributed by atoms with Gasteiger partial charge in [0.15, 0.2) is 11.9 Å². The molecule has 1 unspecified atom stereocenters. The number of carbonyl (C=O) groups excluding carboxylic acids is 1. The van der Waals surface area contributed by atoms with Crippen LogP contribution in [0.3, 0.4) is 0 Å². The van der Waals surface area contributed by atoms with Crippen molar-refractivity contribution in [1.29, 1.82) is 0 Å². The fourth-order valence-electron chi connectivity index (χ4n) is 1.54. The molecule has 0 bridgehead atoms. The van der Waals surface area contributed by atoms with Crippen molar-refractivity contribution in [1.82, 2.24) is 4.98 Å². The maximum atomic E-state index is 12.1. The number of aromatic nitrogens is 1. The highest BCUT2D eigenvalue weighted by atomic mass is 79.9. The monoisotopic (exact) mass is 422 g/mol. The second-order valence-electron chi connectivity index (χ2n) is 4.31. The van der Waals surface area contributed by atoms with Crippen LogP contribution in [-0.4, -0.2) is 17.0 Å². The Hall–Kier alpha value is -1.01. The number of amides is 1. The summed E-state index contributed by atoms with van der Waals surface area (Å²) in [4.78, 5) is 16.1. The van der Waals surface area contributed by atoms with Gasteiger partial charge in [0, 0.05) is 10.7 Å². The summed E-state index contributed by atoms with van der Waals surface area (Å²) in [6.45, 7) is 1.59. The maximum Gasteiger partial charge on any atom is 0.266 e. The first-order chi connectivity index (χ1) is 10.4. The van der Waals surface area contributed by atoms with Crippen LogP contribution in [0.2, 0.25) is 15.1 Å². The molecule has 1 aromatic heterocycles. The molecule has 0 radical (unpaired) electrons. The Morgan fingerprint density at radius 1 is 1.27 bits per heavy atom. The van der Waals surface area contributed by atoms with Crippen LogP contribution in [0.4, 0.5) is 5.82 Å². The number of hydrogen-bond donors (Lipinski definition) is 1. The van der Waals surface area contributed by atoms with Crippen molar-refractivity contribution in [2.24, 2.45) is 0 Å². The van der Waals surface area contributed by atoms with Gasteiger partial charge in [-0.15, -0.1) is 0 Å². The Labute approximate surface area is 150 Å². The number of halogens is 4. The largest absolute Gasteiger partial charge is 0.479 e. The van der Waals surface area contributed by atoms with Crippen molar-refractivity contribution < 1.29 is 9.53 Å². The van der Waals surface area contributed by atoms with Crippen LogP contribution >= 0.6 is 50.7 Å². The summed E-state index contributed by atoms with van der Waals surface area (Å²) in [6, 6.07) is 6.61. The van der Waals surface area contributed by atoms with E-state index in [2.05, 4.69) is 26.2 Å². The molecule has 0 spiro atoms. The predicted octanol–water partition coefficient (Wildman–Crippen LogP) is 5.21. The van der Waals surface area contributed by atoms with Crippen molar-refractivity contribution in [3.05, 3.63) is 50.0 Å². The molecule has 0 aliphatic rings. The summed E-state index contributed by atoms with van der Waals surface area (Å²) in [5.74, 6) is 0.215. The van der Waals surface area contributed by atoms with Gasteiger partial charge in [0.1, 0.15) is 5.75 Å². The van der Waals surface area contributed by atoms with Crippen LogP contribution in [0.15, 0.2) is 34.9 Å². The molecule has 22 heavy (non-hydrogen) atoms. The van der Waals surface area contributed by atoms with Gasteiger partial charge in [0.25, 0.3) is 5.91 Å². The van der Waals surface area contributed by atoms with Gasteiger partial charge >= 0.3 is 0 Å². The average Bonchev–Trinajstić information content (AvgIpc) is 2.44. The fourth-order valence-corrected chi connectivity index (χ4v) is 2.68. The number of hydrogen-bond acceptors (Lipinski definition) is 3. The normalized spacial score (nSPS) is 11.9. The molecule has 1 aromatic carbocycles. The van der Waals surface area contributed by atoms with E-state index in [1.165, 1.54) is 12.3 Å². The first-order valence-corrected chi connectivity index (χ1v) is 8.03. The minimum absolute atomic E-state index is 0.216. The molecule has 4 nitrogen and oxygen atoms in total. The summed E-state index contributed by atoms with van der Waals surface area (Å²) >= 11 is 21.0. The molecule has 0 fully saturated rings. The molecule has 1 N–H and O–H groups in total. The van der Waals surface area contributed by atoms with E-state index < -0.39 is 12.0 Å². The van der Waals surface area contributed by atoms with Crippen molar-refractivity contribution in [3.8, 4) is 5.75 Å². The Morgan fingerprint density at radius 3 is 2.64 bits per heavy atom. The van der Waals surface area contributed by atoms with E-state index in [0.29, 0.717) is 15.8 Å². The minimum Gasteiger partial charge on any atom is -0.479 e. The molecule has 2 rings (SSSR count). The molecule has 1 heterocycles. The third kappa shape index (κ3) is 4.49. The molecular formula is C14H10BrCl3N2O2. The smallest absolute Gasteiger partial charge is 0.266 e. The molecule has 0 aliphatic carbocycles. The highest BCUT2D eigenvalue weighted by Gasteiger charge is 2.18. The van der Waals surface area contributed by atoms with Gasteiger partial charge in [0.05, 0.1) is 15.1 Å². The zero-order chi connectivity index (χ0) is 16.3. The number of benzene rings is 1. The summed E-state index contributed by atoms with van der Waals surface area (Å²) in [5.41, 5.74) is 0. The quantitative estimate of drug-likeness (QED) is 0.733. The summed E-state index contributed by atoms with van der Waals surface area (Å²) < 4.78 is 6.35. The number of ether oxygens (including phenoxy) is 1. The minimum atomic E-state index is -0.785. The lowest BCUT2D eigenvalue weighted by molar-refractivity contribution is -0.122. The van der Waals surface area contributed by atoms with Gasteiger partial charge in [-0.05, 0) is 31.2 Å². The van der Waals surface area contributed by atoms with Crippen molar-refractivity contribution in [2.45, 2.75) is 13.0 Å². The highest BCUT2D eigenvalue weighted by molar-refractivity contribution is 9.10.